The highest BCUT2D eigenvalue weighted by Gasteiger charge is 2.29. The summed E-state index contributed by atoms with van der Waals surface area (Å²) in [5.41, 5.74) is 0.445. The fourth-order valence-electron chi connectivity index (χ4n) is 3.32. The SMILES string of the molecule is CC1(C)CCC(NCC(=O)N2CCC(C(=O)O)CC2)CC1. The molecule has 0 unspecified atom stereocenters. The van der Waals surface area contributed by atoms with E-state index < -0.39 is 5.97 Å². The van der Waals surface area contributed by atoms with Crippen molar-refractivity contribution in [3.05, 3.63) is 0 Å². The Morgan fingerprint density at radius 1 is 1.14 bits per heavy atom. The summed E-state index contributed by atoms with van der Waals surface area (Å²) < 4.78 is 0. The van der Waals surface area contributed by atoms with Gasteiger partial charge in [-0.2, -0.15) is 0 Å². The Hall–Kier alpha value is -1.10. The number of nitrogens with zero attached hydrogens (tertiary/aromatic N) is 1. The molecule has 1 aliphatic carbocycles. The average Bonchev–Trinajstić information content (AvgIpc) is 2.46. The van der Waals surface area contributed by atoms with Crippen molar-refractivity contribution in [1.29, 1.82) is 0 Å². The van der Waals surface area contributed by atoms with E-state index in [1.54, 1.807) is 4.90 Å². The molecule has 1 saturated heterocycles. The molecule has 5 nitrogen and oxygen atoms in total. The number of carboxylic acids is 1. The molecule has 2 fully saturated rings. The van der Waals surface area contributed by atoms with Gasteiger partial charge in [-0.3, -0.25) is 9.59 Å². The third-order valence-electron chi connectivity index (χ3n) is 5.08. The van der Waals surface area contributed by atoms with Gasteiger partial charge in [-0.05, 0) is 43.9 Å². The van der Waals surface area contributed by atoms with Crippen LogP contribution in [0.25, 0.3) is 0 Å². The Morgan fingerprint density at radius 3 is 2.24 bits per heavy atom. The summed E-state index contributed by atoms with van der Waals surface area (Å²) in [7, 11) is 0. The number of aliphatic carboxylic acids is 1. The molecule has 1 heterocycles. The third kappa shape index (κ3) is 4.70. The van der Waals surface area contributed by atoms with E-state index >= 15 is 0 Å². The minimum atomic E-state index is -0.731. The molecule has 120 valence electrons. The Morgan fingerprint density at radius 2 is 1.71 bits per heavy atom. The number of nitrogens with one attached hydrogen (secondary N) is 1. The van der Waals surface area contributed by atoms with E-state index in [1.807, 2.05) is 0 Å². The van der Waals surface area contributed by atoms with E-state index in [4.69, 9.17) is 5.11 Å². The Labute approximate surface area is 127 Å². The summed E-state index contributed by atoms with van der Waals surface area (Å²) in [4.78, 5) is 24.9. The normalized spacial score (nSPS) is 24.0. The first-order valence-electron chi connectivity index (χ1n) is 8.11. The molecule has 1 amide bonds. The molecule has 0 spiro atoms. The maximum Gasteiger partial charge on any atom is 0.306 e. The summed E-state index contributed by atoms with van der Waals surface area (Å²) >= 11 is 0. The minimum absolute atomic E-state index is 0.115. The standard InChI is InChI=1S/C16H28N2O3/c1-16(2)7-3-13(4-8-16)17-11-14(19)18-9-5-12(6-10-18)15(20)21/h12-13,17H,3-11H2,1-2H3,(H,20,21). The quantitative estimate of drug-likeness (QED) is 0.831. The highest BCUT2D eigenvalue weighted by atomic mass is 16.4. The van der Waals surface area contributed by atoms with Gasteiger partial charge in [-0.1, -0.05) is 13.8 Å². The Kier molecular flexibility index (Phi) is 5.25. The molecule has 0 aromatic heterocycles. The van der Waals surface area contributed by atoms with E-state index in [0.29, 0.717) is 43.9 Å². The monoisotopic (exact) mass is 296 g/mol. The van der Waals surface area contributed by atoms with Crippen LogP contribution in [0, 0.1) is 11.3 Å². The molecule has 1 aliphatic heterocycles. The van der Waals surface area contributed by atoms with Crippen LogP contribution in [0.4, 0.5) is 0 Å². The summed E-state index contributed by atoms with van der Waals surface area (Å²) in [5, 5.41) is 12.3. The van der Waals surface area contributed by atoms with Crippen molar-refractivity contribution in [1.82, 2.24) is 10.2 Å². The largest absolute Gasteiger partial charge is 0.481 e. The van der Waals surface area contributed by atoms with E-state index in [9.17, 15) is 9.59 Å². The maximum atomic E-state index is 12.2. The molecule has 0 aromatic rings. The van der Waals surface area contributed by atoms with Crippen LogP contribution in [-0.4, -0.2) is 47.6 Å². The molecule has 21 heavy (non-hydrogen) atoms. The van der Waals surface area contributed by atoms with Crippen molar-refractivity contribution < 1.29 is 14.7 Å². The number of amides is 1. The molecule has 2 N–H and O–H groups in total. The van der Waals surface area contributed by atoms with Crippen molar-refractivity contribution >= 4 is 11.9 Å². The summed E-state index contributed by atoms with van der Waals surface area (Å²) in [5.74, 6) is -0.892. The lowest BCUT2D eigenvalue weighted by molar-refractivity contribution is -0.145. The second kappa shape index (κ2) is 6.77. The second-order valence-electron chi connectivity index (χ2n) is 7.31. The van der Waals surface area contributed by atoms with Gasteiger partial charge in [-0.15, -0.1) is 0 Å². The number of likely N-dealkylation sites (tertiary alicyclic amines) is 1. The van der Waals surface area contributed by atoms with E-state index in [0.717, 1.165) is 12.8 Å². The van der Waals surface area contributed by atoms with Crippen LogP contribution in [0.2, 0.25) is 0 Å². The molecule has 1 saturated carbocycles. The number of carbonyl (C=O) groups excluding carboxylic acids is 1. The van der Waals surface area contributed by atoms with Gasteiger partial charge in [0.2, 0.25) is 5.91 Å². The highest BCUT2D eigenvalue weighted by Crippen LogP contribution is 2.34. The van der Waals surface area contributed by atoms with Crippen LogP contribution in [0.5, 0.6) is 0 Å². The van der Waals surface area contributed by atoms with Crippen LogP contribution < -0.4 is 5.32 Å². The zero-order valence-corrected chi connectivity index (χ0v) is 13.2. The second-order valence-corrected chi connectivity index (χ2v) is 7.31. The van der Waals surface area contributed by atoms with Crippen molar-refractivity contribution in [2.45, 2.75) is 58.4 Å². The number of carbonyl (C=O) groups is 2. The van der Waals surface area contributed by atoms with E-state index in [-0.39, 0.29) is 11.8 Å². The van der Waals surface area contributed by atoms with Crippen LogP contribution in [0.3, 0.4) is 0 Å². The zero-order valence-electron chi connectivity index (χ0n) is 13.2. The first-order valence-corrected chi connectivity index (χ1v) is 8.11. The summed E-state index contributed by atoms with van der Waals surface area (Å²) in [6.45, 7) is 6.16. The molecule has 0 aromatic carbocycles. The summed E-state index contributed by atoms with van der Waals surface area (Å²) in [6, 6.07) is 0.457. The molecule has 5 heteroatoms. The Bertz CT molecular complexity index is 377. The molecule has 0 radical (unpaired) electrons. The highest BCUT2D eigenvalue weighted by molar-refractivity contribution is 5.79. The molecular weight excluding hydrogens is 268 g/mol. The van der Waals surface area contributed by atoms with Gasteiger partial charge in [0.15, 0.2) is 0 Å². The maximum absolute atomic E-state index is 12.2. The van der Waals surface area contributed by atoms with Gasteiger partial charge < -0.3 is 15.3 Å². The van der Waals surface area contributed by atoms with Crippen molar-refractivity contribution in [3.8, 4) is 0 Å². The zero-order chi connectivity index (χ0) is 15.5. The van der Waals surface area contributed by atoms with Crippen molar-refractivity contribution in [2.24, 2.45) is 11.3 Å². The molecule has 2 rings (SSSR count). The first-order chi connectivity index (χ1) is 9.87. The van der Waals surface area contributed by atoms with Gasteiger partial charge in [-0.25, -0.2) is 0 Å². The number of hydrogen-bond acceptors (Lipinski definition) is 3. The van der Waals surface area contributed by atoms with Gasteiger partial charge in [0.25, 0.3) is 0 Å². The predicted octanol–water partition coefficient (Wildman–Crippen LogP) is 1.87. The first kappa shape index (κ1) is 16.3. The van der Waals surface area contributed by atoms with Crippen LogP contribution in [0.15, 0.2) is 0 Å². The van der Waals surface area contributed by atoms with E-state index in [1.165, 1.54) is 12.8 Å². The van der Waals surface area contributed by atoms with Crippen LogP contribution in [0.1, 0.15) is 52.4 Å². The fraction of sp³-hybridized carbons (Fsp3) is 0.875. The third-order valence-corrected chi connectivity index (χ3v) is 5.08. The van der Waals surface area contributed by atoms with Crippen LogP contribution >= 0.6 is 0 Å². The van der Waals surface area contributed by atoms with Crippen molar-refractivity contribution in [3.63, 3.8) is 0 Å². The number of rotatable bonds is 4. The average molecular weight is 296 g/mol. The minimum Gasteiger partial charge on any atom is -0.481 e. The fourth-order valence-corrected chi connectivity index (χ4v) is 3.32. The summed E-state index contributed by atoms with van der Waals surface area (Å²) in [6.07, 6.45) is 5.87. The van der Waals surface area contributed by atoms with Crippen molar-refractivity contribution in [2.75, 3.05) is 19.6 Å². The lowest BCUT2D eigenvalue weighted by Gasteiger charge is -2.35. The number of hydrogen-bond donors (Lipinski definition) is 2. The van der Waals surface area contributed by atoms with Gasteiger partial charge in [0.05, 0.1) is 12.5 Å². The number of piperidine rings is 1. The smallest absolute Gasteiger partial charge is 0.306 e. The van der Waals surface area contributed by atoms with Gasteiger partial charge in [0.1, 0.15) is 0 Å². The van der Waals surface area contributed by atoms with Gasteiger partial charge >= 0.3 is 5.97 Å². The van der Waals surface area contributed by atoms with Crippen LogP contribution in [-0.2, 0) is 9.59 Å². The van der Waals surface area contributed by atoms with Gasteiger partial charge in [0, 0.05) is 19.1 Å². The number of carboxylic acid groups (broad SMARTS) is 1. The lowest BCUT2D eigenvalue weighted by atomic mass is 9.75. The molecule has 0 bridgehead atoms. The molecular formula is C16H28N2O3. The Balaban J connectivity index is 1.68. The predicted molar refractivity (Wildman–Crippen MR) is 81.0 cm³/mol. The molecule has 2 aliphatic rings. The lowest BCUT2D eigenvalue weighted by Crippen LogP contribution is -2.46. The van der Waals surface area contributed by atoms with E-state index in [2.05, 4.69) is 19.2 Å². The molecule has 0 atom stereocenters. The topological polar surface area (TPSA) is 69.6 Å².